The van der Waals surface area contributed by atoms with Gasteiger partial charge in [0.25, 0.3) is 5.91 Å². The summed E-state index contributed by atoms with van der Waals surface area (Å²) in [7, 11) is 0. The largest absolute Gasteiger partial charge is 0.351 e. The summed E-state index contributed by atoms with van der Waals surface area (Å²) in [4.78, 5) is 17.4. The predicted molar refractivity (Wildman–Crippen MR) is 76.2 cm³/mol. The van der Waals surface area contributed by atoms with Crippen LogP contribution in [0.3, 0.4) is 0 Å². The van der Waals surface area contributed by atoms with Gasteiger partial charge in [-0.1, -0.05) is 0 Å². The van der Waals surface area contributed by atoms with Crippen molar-refractivity contribution in [2.45, 2.75) is 19.4 Å². The summed E-state index contributed by atoms with van der Waals surface area (Å²) >= 11 is 0. The second kappa shape index (κ2) is 5.25. The molecule has 0 saturated carbocycles. The van der Waals surface area contributed by atoms with Crippen molar-refractivity contribution in [3.8, 4) is 0 Å². The summed E-state index contributed by atoms with van der Waals surface area (Å²) in [5.41, 5.74) is 1.32. The lowest BCUT2D eigenvalue weighted by Crippen LogP contribution is -2.34. The van der Waals surface area contributed by atoms with Crippen molar-refractivity contribution in [3.63, 3.8) is 0 Å². The number of hydrogen-bond donors (Lipinski definition) is 2. The van der Waals surface area contributed by atoms with Gasteiger partial charge >= 0.3 is 0 Å². The number of nitrogens with zero attached hydrogens (tertiary/aromatic N) is 1. The molecule has 1 saturated heterocycles. The van der Waals surface area contributed by atoms with Crippen molar-refractivity contribution in [3.05, 3.63) is 35.8 Å². The summed E-state index contributed by atoms with van der Waals surface area (Å²) in [5, 5.41) is 4.09. The molecular weight excluding hydrogens is 257 g/mol. The molecule has 0 aliphatic carbocycles. The molecule has 106 valence electrons. The van der Waals surface area contributed by atoms with E-state index < -0.39 is 0 Å². The molecule has 1 atom stereocenters. The lowest BCUT2D eigenvalue weighted by Gasteiger charge is -2.19. The number of hydrogen-bond acceptors (Lipinski definition) is 2. The minimum absolute atomic E-state index is 0.0162. The van der Waals surface area contributed by atoms with Crippen molar-refractivity contribution in [1.29, 1.82) is 0 Å². The van der Waals surface area contributed by atoms with E-state index in [1.807, 2.05) is 4.90 Å². The third-order valence-corrected chi connectivity index (χ3v) is 3.81. The van der Waals surface area contributed by atoms with Gasteiger partial charge in [0, 0.05) is 36.6 Å². The first kappa shape index (κ1) is 13.1. The van der Waals surface area contributed by atoms with Gasteiger partial charge in [0.05, 0.1) is 0 Å². The quantitative estimate of drug-likeness (QED) is 0.837. The zero-order valence-electron chi connectivity index (χ0n) is 11.4. The van der Waals surface area contributed by atoms with E-state index in [1.54, 1.807) is 12.1 Å². The molecule has 1 fully saturated rings. The number of benzene rings is 1. The Labute approximate surface area is 117 Å². The molecule has 0 bridgehead atoms. The van der Waals surface area contributed by atoms with Crippen molar-refractivity contribution in [2.24, 2.45) is 0 Å². The monoisotopic (exact) mass is 275 g/mol. The number of rotatable bonds is 1. The van der Waals surface area contributed by atoms with Gasteiger partial charge in [0.1, 0.15) is 11.5 Å². The second-order valence-corrected chi connectivity index (χ2v) is 5.35. The predicted octanol–water partition coefficient (Wildman–Crippen LogP) is 2.13. The summed E-state index contributed by atoms with van der Waals surface area (Å²) in [6, 6.07) is 6.65. The maximum atomic E-state index is 13.2. The van der Waals surface area contributed by atoms with Crippen LogP contribution in [0, 0.1) is 5.82 Å². The summed E-state index contributed by atoms with van der Waals surface area (Å²) in [5.74, 6) is -0.305. The fourth-order valence-electron chi connectivity index (χ4n) is 2.60. The van der Waals surface area contributed by atoms with Crippen LogP contribution >= 0.6 is 0 Å². The van der Waals surface area contributed by atoms with Gasteiger partial charge in [-0.05, 0) is 37.6 Å². The van der Waals surface area contributed by atoms with Crippen LogP contribution < -0.4 is 5.32 Å². The lowest BCUT2D eigenvalue weighted by molar-refractivity contribution is 0.0761. The van der Waals surface area contributed by atoms with Gasteiger partial charge in [-0.25, -0.2) is 4.39 Å². The Bertz CT molecular complexity index is 637. The molecule has 2 N–H and O–H groups in total. The first-order chi connectivity index (χ1) is 9.63. The fraction of sp³-hybridized carbons (Fsp3) is 0.400. The zero-order valence-corrected chi connectivity index (χ0v) is 11.4. The Morgan fingerprint density at radius 3 is 3.05 bits per heavy atom. The van der Waals surface area contributed by atoms with Crippen molar-refractivity contribution in [2.75, 3.05) is 19.6 Å². The maximum absolute atomic E-state index is 13.2. The van der Waals surface area contributed by atoms with Crippen molar-refractivity contribution >= 4 is 16.8 Å². The molecule has 1 unspecified atom stereocenters. The average Bonchev–Trinajstić information content (AvgIpc) is 2.72. The Kier molecular flexibility index (Phi) is 3.44. The van der Waals surface area contributed by atoms with Crippen LogP contribution in [-0.4, -0.2) is 41.5 Å². The smallest absolute Gasteiger partial charge is 0.270 e. The molecule has 0 radical (unpaired) electrons. The van der Waals surface area contributed by atoms with E-state index in [0.29, 0.717) is 18.3 Å². The molecule has 2 heterocycles. The van der Waals surface area contributed by atoms with Gasteiger partial charge in [-0.3, -0.25) is 4.79 Å². The van der Waals surface area contributed by atoms with Gasteiger partial charge in [-0.15, -0.1) is 0 Å². The van der Waals surface area contributed by atoms with Gasteiger partial charge in [0.15, 0.2) is 0 Å². The molecule has 1 aliphatic rings. The zero-order chi connectivity index (χ0) is 14.1. The highest BCUT2D eigenvalue weighted by atomic mass is 19.1. The highest BCUT2D eigenvalue weighted by molar-refractivity contribution is 5.98. The normalized spacial score (nSPS) is 20.1. The van der Waals surface area contributed by atoms with Gasteiger partial charge in [-0.2, -0.15) is 0 Å². The van der Waals surface area contributed by atoms with Crippen molar-refractivity contribution in [1.82, 2.24) is 15.2 Å². The van der Waals surface area contributed by atoms with Crippen LogP contribution in [0.5, 0.6) is 0 Å². The van der Waals surface area contributed by atoms with E-state index in [-0.39, 0.29) is 11.7 Å². The molecule has 1 aliphatic heterocycles. The van der Waals surface area contributed by atoms with Crippen LogP contribution in [0.1, 0.15) is 23.8 Å². The lowest BCUT2D eigenvalue weighted by atomic mass is 10.2. The van der Waals surface area contributed by atoms with E-state index in [9.17, 15) is 9.18 Å². The molecule has 0 spiro atoms. The molecule has 20 heavy (non-hydrogen) atoms. The van der Waals surface area contributed by atoms with E-state index in [2.05, 4.69) is 17.2 Å². The number of carbonyl (C=O) groups excluding carboxylic acids is 1. The average molecular weight is 275 g/mol. The summed E-state index contributed by atoms with van der Waals surface area (Å²) in [6.45, 7) is 4.38. The first-order valence-corrected chi connectivity index (χ1v) is 6.94. The number of carbonyl (C=O) groups is 1. The first-order valence-electron chi connectivity index (χ1n) is 6.94. The van der Waals surface area contributed by atoms with Crippen LogP contribution in [-0.2, 0) is 0 Å². The Balaban J connectivity index is 1.84. The van der Waals surface area contributed by atoms with E-state index in [4.69, 9.17) is 0 Å². The van der Waals surface area contributed by atoms with Crippen LogP contribution in [0.25, 0.3) is 10.9 Å². The van der Waals surface area contributed by atoms with E-state index in [1.165, 1.54) is 12.1 Å². The topological polar surface area (TPSA) is 48.1 Å². The third-order valence-electron chi connectivity index (χ3n) is 3.81. The van der Waals surface area contributed by atoms with Crippen LogP contribution in [0.15, 0.2) is 24.3 Å². The van der Waals surface area contributed by atoms with E-state index >= 15 is 0 Å². The standard InChI is InChI=1S/C15H18FN3O/c1-10-4-6-19(7-5-17-10)15(20)14-9-11-8-12(16)2-3-13(11)18-14/h2-3,8-10,17-18H,4-7H2,1H3. The number of fused-ring (bicyclic) bond motifs is 1. The molecule has 1 aromatic heterocycles. The number of nitrogens with one attached hydrogen (secondary N) is 2. The summed E-state index contributed by atoms with van der Waals surface area (Å²) < 4.78 is 13.2. The fourth-order valence-corrected chi connectivity index (χ4v) is 2.60. The Hall–Kier alpha value is -1.88. The SMILES string of the molecule is CC1CCN(C(=O)c2cc3cc(F)ccc3[nH]2)CCN1. The Morgan fingerprint density at radius 1 is 1.35 bits per heavy atom. The second-order valence-electron chi connectivity index (χ2n) is 5.35. The van der Waals surface area contributed by atoms with Gasteiger partial charge in [0.2, 0.25) is 0 Å². The minimum atomic E-state index is -0.289. The number of amides is 1. The molecule has 3 rings (SSSR count). The highest BCUT2D eigenvalue weighted by Gasteiger charge is 2.20. The van der Waals surface area contributed by atoms with E-state index in [0.717, 1.165) is 30.4 Å². The molecule has 4 nitrogen and oxygen atoms in total. The Morgan fingerprint density at radius 2 is 2.20 bits per heavy atom. The minimum Gasteiger partial charge on any atom is -0.351 e. The summed E-state index contributed by atoms with van der Waals surface area (Å²) in [6.07, 6.45) is 0.945. The number of aromatic nitrogens is 1. The molecular formula is C15H18FN3O. The van der Waals surface area contributed by atoms with Gasteiger partial charge < -0.3 is 15.2 Å². The number of H-pyrrole nitrogens is 1. The van der Waals surface area contributed by atoms with Crippen LogP contribution in [0.2, 0.25) is 0 Å². The van der Waals surface area contributed by atoms with Crippen molar-refractivity contribution < 1.29 is 9.18 Å². The molecule has 1 amide bonds. The highest BCUT2D eigenvalue weighted by Crippen LogP contribution is 2.18. The third kappa shape index (κ3) is 2.54. The molecule has 1 aromatic carbocycles. The molecule has 5 heteroatoms. The number of halogens is 1. The number of aromatic amines is 1. The van der Waals surface area contributed by atoms with Crippen LogP contribution in [0.4, 0.5) is 4.39 Å². The molecule has 2 aromatic rings. The maximum Gasteiger partial charge on any atom is 0.270 e.